The van der Waals surface area contributed by atoms with Gasteiger partial charge in [-0.2, -0.15) is 0 Å². The summed E-state index contributed by atoms with van der Waals surface area (Å²) in [5.74, 6) is 0.195. The Morgan fingerprint density at radius 1 is 1.43 bits per heavy atom. The van der Waals surface area contributed by atoms with Crippen LogP contribution in [0.4, 0.5) is 0 Å². The molecule has 1 aromatic heterocycles. The lowest BCUT2D eigenvalue weighted by Gasteiger charge is -2.34. The van der Waals surface area contributed by atoms with E-state index in [1.807, 2.05) is 0 Å². The fourth-order valence-corrected chi connectivity index (χ4v) is 4.04. The van der Waals surface area contributed by atoms with Crippen molar-refractivity contribution >= 4 is 45.6 Å². The molecule has 1 aliphatic rings. The number of thiophene rings is 1. The molecule has 1 aliphatic heterocycles. The molecule has 0 radical (unpaired) electrons. The van der Waals surface area contributed by atoms with Crippen molar-refractivity contribution in [3.05, 3.63) is 20.8 Å². The minimum absolute atomic E-state index is 0. The van der Waals surface area contributed by atoms with E-state index in [1.54, 1.807) is 11.3 Å². The zero-order valence-corrected chi connectivity index (χ0v) is 15.6. The van der Waals surface area contributed by atoms with Crippen LogP contribution in [0.3, 0.4) is 0 Å². The van der Waals surface area contributed by atoms with Crippen molar-refractivity contribution in [2.45, 2.75) is 39.0 Å². The standard InChI is InChI=1S/C15H23BrN2OS.ClH/c1-15(7-9-17-10-8-15)11-18-14(19)4-2-3-12-5-6-13(16)20-12;/h5-6,17H,2-4,7-11H2,1H3,(H,18,19);1H. The minimum Gasteiger partial charge on any atom is -0.356 e. The highest BCUT2D eigenvalue weighted by Gasteiger charge is 2.26. The van der Waals surface area contributed by atoms with Crippen LogP contribution in [0.15, 0.2) is 15.9 Å². The molecule has 0 atom stereocenters. The van der Waals surface area contributed by atoms with E-state index < -0.39 is 0 Å². The van der Waals surface area contributed by atoms with E-state index in [9.17, 15) is 4.79 Å². The van der Waals surface area contributed by atoms with Crippen LogP contribution in [-0.2, 0) is 11.2 Å². The van der Waals surface area contributed by atoms with Crippen LogP contribution in [0.5, 0.6) is 0 Å². The van der Waals surface area contributed by atoms with Crippen molar-refractivity contribution in [2.24, 2.45) is 5.41 Å². The third-order valence-electron chi connectivity index (χ3n) is 3.98. The average Bonchev–Trinajstić information content (AvgIpc) is 2.83. The lowest BCUT2D eigenvalue weighted by Crippen LogP contribution is -2.42. The van der Waals surface area contributed by atoms with Gasteiger partial charge < -0.3 is 10.6 Å². The molecule has 2 rings (SSSR count). The number of halogens is 2. The summed E-state index contributed by atoms with van der Waals surface area (Å²) in [7, 11) is 0. The molecular weight excluding hydrogens is 372 g/mol. The molecule has 2 heterocycles. The Labute approximate surface area is 145 Å². The maximum absolute atomic E-state index is 11.9. The summed E-state index contributed by atoms with van der Waals surface area (Å²) in [6.45, 7) is 5.23. The smallest absolute Gasteiger partial charge is 0.220 e. The molecule has 2 N–H and O–H groups in total. The summed E-state index contributed by atoms with van der Waals surface area (Å²) in [5.41, 5.74) is 0.277. The Hall–Kier alpha value is -0.100. The highest BCUT2D eigenvalue weighted by atomic mass is 79.9. The predicted octanol–water partition coefficient (Wildman–Crippen LogP) is 3.76. The van der Waals surface area contributed by atoms with Gasteiger partial charge in [0.1, 0.15) is 0 Å². The first-order valence-corrected chi connectivity index (χ1v) is 8.90. The second kappa shape index (κ2) is 9.13. The van der Waals surface area contributed by atoms with Gasteiger partial charge in [0.05, 0.1) is 3.79 Å². The molecule has 0 bridgehead atoms. The van der Waals surface area contributed by atoms with E-state index in [2.05, 4.69) is 45.6 Å². The number of aryl methyl sites for hydroxylation is 1. The Balaban J connectivity index is 0.00000220. The van der Waals surface area contributed by atoms with Crippen LogP contribution in [0.25, 0.3) is 0 Å². The van der Waals surface area contributed by atoms with Gasteiger partial charge in [0.25, 0.3) is 0 Å². The first kappa shape index (κ1) is 18.9. The number of nitrogens with one attached hydrogen (secondary N) is 2. The number of hydrogen-bond acceptors (Lipinski definition) is 3. The molecule has 1 amide bonds. The van der Waals surface area contributed by atoms with Crippen molar-refractivity contribution in [3.63, 3.8) is 0 Å². The van der Waals surface area contributed by atoms with E-state index in [-0.39, 0.29) is 23.7 Å². The first-order valence-electron chi connectivity index (χ1n) is 7.29. The molecule has 0 saturated carbocycles. The number of carbonyl (C=O) groups excluding carboxylic acids is 1. The number of hydrogen-bond donors (Lipinski definition) is 2. The van der Waals surface area contributed by atoms with Gasteiger partial charge >= 0.3 is 0 Å². The van der Waals surface area contributed by atoms with Crippen molar-refractivity contribution in [2.75, 3.05) is 19.6 Å². The van der Waals surface area contributed by atoms with Crippen molar-refractivity contribution < 1.29 is 4.79 Å². The second-order valence-corrected chi connectivity index (χ2v) is 8.44. The summed E-state index contributed by atoms with van der Waals surface area (Å²) >= 11 is 5.21. The highest BCUT2D eigenvalue weighted by Crippen LogP contribution is 2.27. The molecule has 0 aliphatic carbocycles. The molecule has 0 spiro atoms. The third kappa shape index (κ3) is 6.68. The molecular formula is C15H24BrClN2OS. The monoisotopic (exact) mass is 394 g/mol. The average molecular weight is 396 g/mol. The Morgan fingerprint density at radius 3 is 2.76 bits per heavy atom. The SMILES string of the molecule is CC1(CNC(=O)CCCc2ccc(Br)s2)CCNCC1.Cl. The maximum atomic E-state index is 11.9. The molecule has 1 fully saturated rings. The molecule has 1 saturated heterocycles. The maximum Gasteiger partial charge on any atom is 0.220 e. The third-order valence-corrected chi connectivity index (χ3v) is 5.66. The molecule has 21 heavy (non-hydrogen) atoms. The zero-order chi connectivity index (χ0) is 14.4. The topological polar surface area (TPSA) is 41.1 Å². The molecule has 0 unspecified atom stereocenters. The summed E-state index contributed by atoms with van der Waals surface area (Å²) in [6.07, 6.45) is 4.85. The first-order chi connectivity index (χ1) is 9.57. The van der Waals surface area contributed by atoms with Gasteiger partial charge in [0, 0.05) is 17.8 Å². The van der Waals surface area contributed by atoms with Crippen LogP contribution in [0, 0.1) is 5.41 Å². The van der Waals surface area contributed by atoms with E-state index >= 15 is 0 Å². The summed E-state index contributed by atoms with van der Waals surface area (Å²) < 4.78 is 1.16. The fourth-order valence-electron chi connectivity index (χ4n) is 2.52. The zero-order valence-electron chi connectivity index (χ0n) is 12.4. The minimum atomic E-state index is 0. The van der Waals surface area contributed by atoms with Crippen LogP contribution in [-0.4, -0.2) is 25.5 Å². The van der Waals surface area contributed by atoms with E-state index in [1.165, 1.54) is 4.88 Å². The predicted molar refractivity (Wildman–Crippen MR) is 95.4 cm³/mol. The summed E-state index contributed by atoms with van der Waals surface area (Å²) in [6, 6.07) is 4.20. The van der Waals surface area contributed by atoms with E-state index in [0.717, 1.165) is 49.1 Å². The normalized spacial score (nSPS) is 17.0. The lowest BCUT2D eigenvalue weighted by atomic mass is 9.81. The van der Waals surface area contributed by atoms with Crippen LogP contribution in [0.2, 0.25) is 0 Å². The van der Waals surface area contributed by atoms with Gasteiger partial charge in [-0.25, -0.2) is 0 Å². The molecule has 6 heteroatoms. The summed E-state index contributed by atoms with van der Waals surface area (Å²) in [5, 5.41) is 6.48. The van der Waals surface area contributed by atoms with Crippen molar-refractivity contribution in [1.29, 1.82) is 0 Å². The van der Waals surface area contributed by atoms with Gasteiger partial charge in [0.2, 0.25) is 5.91 Å². The Morgan fingerprint density at radius 2 is 2.14 bits per heavy atom. The summed E-state index contributed by atoms with van der Waals surface area (Å²) in [4.78, 5) is 13.2. The van der Waals surface area contributed by atoms with Gasteiger partial charge in [-0.05, 0) is 72.3 Å². The second-order valence-electron chi connectivity index (χ2n) is 5.90. The number of rotatable bonds is 6. The molecule has 120 valence electrons. The molecule has 1 aromatic rings. The number of carbonyl (C=O) groups is 1. The van der Waals surface area contributed by atoms with Gasteiger partial charge in [-0.15, -0.1) is 23.7 Å². The highest BCUT2D eigenvalue weighted by molar-refractivity contribution is 9.11. The lowest BCUT2D eigenvalue weighted by molar-refractivity contribution is -0.121. The largest absolute Gasteiger partial charge is 0.356 e. The molecule has 3 nitrogen and oxygen atoms in total. The van der Waals surface area contributed by atoms with Crippen LogP contribution >= 0.6 is 39.7 Å². The number of amides is 1. The van der Waals surface area contributed by atoms with Gasteiger partial charge in [-0.1, -0.05) is 6.92 Å². The van der Waals surface area contributed by atoms with Crippen LogP contribution in [0.1, 0.15) is 37.5 Å². The Kier molecular flexibility index (Phi) is 8.24. The van der Waals surface area contributed by atoms with Crippen molar-refractivity contribution in [1.82, 2.24) is 10.6 Å². The quantitative estimate of drug-likeness (QED) is 0.770. The van der Waals surface area contributed by atoms with E-state index in [4.69, 9.17) is 0 Å². The van der Waals surface area contributed by atoms with Crippen molar-refractivity contribution in [3.8, 4) is 0 Å². The van der Waals surface area contributed by atoms with Gasteiger partial charge in [-0.3, -0.25) is 4.79 Å². The van der Waals surface area contributed by atoms with Gasteiger partial charge in [0.15, 0.2) is 0 Å². The number of piperidine rings is 1. The Bertz CT molecular complexity index is 447. The van der Waals surface area contributed by atoms with E-state index in [0.29, 0.717) is 6.42 Å². The van der Waals surface area contributed by atoms with Crippen LogP contribution < -0.4 is 10.6 Å². The fraction of sp³-hybridized carbons (Fsp3) is 0.667. The molecule has 0 aromatic carbocycles.